The van der Waals surface area contributed by atoms with Crippen molar-refractivity contribution in [2.45, 2.75) is 6.92 Å². The van der Waals surface area contributed by atoms with Gasteiger partial charge in [-0.1, -0.05) is 18.2 Å². The number of thiophene rings is 1. The largest absolute Gasteiger partial charge is 0.368 e. The van der Waals surface area contributed by atoms with Crippen molar-refractivity contribution in [2.24, 2.45) is 0 Å². The predicted molar refractivity (Wildman–Crippen MR) is 101 cm³/mol. The maximum absolute atomic E-state index is 13.1. The third-order valence-electron chi connectivity index (χ3n) is 4.80. The van der Waals surface area contributed by atoms with Crippen molar-refractivity contribution in [2.75, 3.05) is 31.1 Å². The molecule has 0 bridgehead atoms. The summed E-state index contributed by atoms with van der Waals surface area (Å²) in [7, 11) is 0. The van der Waals surface area contributed by atoms with Gasteiger partial charge in [-0.15, -0.1) is 11.3 Å². The fraction of sp³-hybridized carbons (Fsp3) is 0.250. The van der Waals surface area contributed by atoms with E-state index in [-0.39, 0.29) is 11.7 Å². The van der Waals surface area contributed by atoms with Crippen molar-refractivity contribution in [1.82, 2.24) is 4.90 Å². The fourth-order valence-corrected chi connectivity index (χ4v) is 4.52. The number of rotatable bonds is 2. The highest BCUT2D eigenvalue weighted by atomic mass is 32.1. The maximum atomic E-state index is 13.1. The van der Waals surface area contributed by atoms with E-state index in [1.165, 1.54) is 17.5 Å². The number of aryl methyl sites for hydroxylation is 1. The molecular weight excluding hydrogens is 335 g/mol. The van der Waals surface area contributed by atoms with Crippen LogP contribution in [0.4, 0.5) is 10.1 Å². The van der Waals surface area contributed by atoms with Gasteiger partial charge in [0.05, 0.1) is 4.88 Å². The van der Waals surface area contributed by atoms with Crippen molar-refractivity contribution >= 4 is 33.0 Å². The monoisotopic (exact) mass is 354 g/mol. The second-order valence-corrected chi connectivity index (χ2v) is 7.36. The maximum Gasteiger partial charge on any atom is 0.264 e. The van der Waals surface area contributed by atoms with Crippen LogP contribution >= 0.6 is 11.3 Å². The van der Waals surface area contributed by atoms with Crippen LogP contribution in [0.15, 0.2) is 48.5 Å². The Hall–Kier alpha value is -2.40. The number of fused-ring (bicyclic) bond motifs is 1. The molecule has 1 fully saturated rings. The van der Waals surface area contributed by atoms with Crippen LogP contribution < -0.4 is 4.90 Å². The molecule has 128 valence electrons. The third-order valence-corrected chi connectivity index (χ3v) is 6.06. The molecular formula is C20H19FN2OS. The number of halogens is 1. The van der Waals surface area contributed by atoms with Gasteiger partial charge in [0, 0.05) is 36.6 Å². The van der Waals surface area contributed by atoms with Crippen LogP contribution in [-0.4, -0.2) is 37.0 Å². The molecule has 1 aliphatic heterocycles. The molecule has 5 heteroatoms. The molecule has 1 aliphatic rings. The summed E-state index contributed by atoms with van der Waals surface area (Å²) in [5.74, 6) is -0.102. The minimum absolute atomic E-state index is 0.123. The van der Waals surface area contributed by atoms with Gasteiger partial charge in [-0.25, -0.2) is 4.39 Å². The zero-order valence-electron chi connectivity index (χ0n) is 14.0. The van der Waals surface area contributed by atoms with Crippen LogP contribution in [-0.2, 0) is 0 Å². The lowest BCUT2D eigenvalue weighted by molar-refractivity contribution is 0.0751. The number of carbonyl (C=O) groups is 1. The van der Waals surface area contributed by atoms with Crippen molar-refractivity contribution < 1.29 is 9.18 Å². The van der Waals surface area contributed by atoms with Gasteiger partial charge in [0.2, 0.25) is 0 Å². The number of nitrogens with zero attached hydrogens (tertiary/aromatic N) is 2. The molecule has 0 spiro atoms. The molecule has 3 aromatic rings. The lowest BCUT2D eigenvalue weighted by Crippen LogP contribution is -2.48. The lowest BCUT2D eigenvalue weighted by atomic mass is 10.1. The van der Waals surface area contributed by atoms with Gasteiger partial charge in [0.15, 0.2) is 0 Å². The first-order chi connectivity index (χ1) is 12.1. The first-order valence-electron chi connectivity index (χ1n) is 8.41. The summed E-state index contributed by atoms with van der Waals surface area (Å²) >= 11 is 1.58. The molecule has 1 aromatic heterocycles. The molecule has 2 aromatic carbocycles. The van der Waals surface area contributed by atoms with Crippen molar-refractivity contribution in [3.8, 4) is 0 Å². The molecule has 1 amide bonds. The fourth-order valence-electron chi connectivity index (χ4n) is 3.34. The van der Waals surface area contributed by atoms with E-state index in [9.17, 15) is 9.18 Å². The quantitative estimate of drug-likeness (QED) is 0.685. The molecule has 0 radical (unpaired) electrons. The van der Waals surface area contributed by atoms with Crippen LogP contribution in [0.3, 0.4) is 0 Å². The number of anilines is 1. The lowest BCUT2D eigenvalue weighted by Gasteiger charge is -2.36. The van der Waals surface area contributed by atoms with E-state index >= 15 is 0 Å². The van der Waals surface area contributed by atoms with Crippen LogP contribution in [0.1, 0.15) is 15.2 Å². The summed E-state index contributed by atoms with van der Waals surface area (Å²) < 4.78 is 14.2. The molecule has 0 unspecified atom stereocenters. The predicted octanol–water partition coefficient (Wildman–Crippen LogP) is 4.31. The number of hydrogen-bond acceptors (Lipinski definition) is 3. The molecule has 0 saturated carbocycles. The third kappa shape index (κ3) is 3.00. The average Bonchev–Trinajstić information content (AvgIpc) is 2.99. The number of carbonyl (C=O) groups excluding carboxylic acids is 1. The summed E-state index contributed by atoms with van der Waals surface area (Å²) in [5, 5.41) is 1.17. The van der Waals surface area contributed by atoms with E-state index in [1.807, 2.05) is 24.0 Å². The average molecular weight is 354 g/mol. The van der Waals surface area contributed by atoms with E-state index in [2.05, 4.69) is 17.0 Å². The van der Waals surface area contributed by atoms with Crippen LogP contribution in [0.25, 0.3) is 10.1 Å². The SMILES string of the molecule is Cc1c(C(=O)N2CCN(c3ccc(F)cc3)CC2)sc2ccccc12. The van der Waals surface area contributed by atoms with Crippen molar-refractivity contribution in [3.05, 3.63) is 64.8 Å². The Bertz CT molecular complexity index is 911. The van der Waals surface area contributed by atoms with Crippen LogP contribution in [0, 0.1) is 12.7 Å². The second kappa shape index (κ2) is 6.48. The molecule has 3 nitrogen and oxygen atoms in total. The topological polar surface area (TPSA) is 23.6 Å². The van der Waals surface area contributed by atoms with Gasteiger partial charge >= 0.3 is 0 Å². The Morgan fingerprint density at radius 3 is 2.36 bits per heavy atom. The number of hydrogen-bond donors (Lipinski definition) is 0. The molecule has 1 saturated heterocycles. The number of amides is 1. The van der Waals surface area contributed by atoms with Gasteiger partial charge in [-0.2, -0.15) is 0 Å². The molecule has 2 heterocycles. The Morgan fingerprint density at radius 1 is 1.00 bits per heavy atom. The highest BCUT2D eigenvalue weighted by Crippen LogP contribution is 2.31. The smallest absolute Gasteiger partial charge is 0.264 e. The van der Waals surface area contributed by atoms with Crippen molar-refractivity contribution in [3.63, 3.8) is 0 Å². The van der Waals surface area contributed by atoms with Crippen LogP contribution in [0.2, 0.25) is 0 Å². The van der Waals surface area contributed by atoms with Crippen molar-refractivity contribution in [1.29, 1.82) is 0 Å². The normalized spacial score (nSPS) is 15.0. The van der Waals surface area contributed by atoms with E-state index in [4.69, 9.17) is 0 Å². The summed E-state index contributed by atoms with van der Waals surface area (Å²) in [6, 6.07) is 14.7. The van der Waals surface area contributed by atoms with Gasteiger partial charge in [-0.05, 0) is 48.2 Å². The summed E-state index contributed by atoms with van der Waals surface area (Å²) in [6.45, 7) is 4.93. The van der Waals surface area contributed by atoms with Gasteiger partial charge in [-0.3, -0.25) is 4.79 Å². The minimum atomic E-state index is -0.224. The summed E-state index contributed by atoms with van der Waals surface area (Å²) in [4.78, 5) is 17.9. The van der Waals surface area contributed by atoms with E-state index in [0.29, 0.717) is 13.1 Å². The Labute approximate surface area is 150 Å². The zero-order chi connectivity index (χ0) is 17.4. The molecule has 0 N–H and O–H groups in total. The first kappa shape index (κ1) is 16.1. The standard InChI is InChI=1S/C20H19FN2OS/c1-14-17-4-2-3-5-18(17)25-19(14)20(24)23-12-10-22(11-13-23)16-8-6-15(21)7-9-16/h2-9H,10-13H2,1H3. The highest BCUT2D eigenvalue weighted by Gasteiger charge is 2.25. The van der Waals surface area contributed by atoms with E-state index in [1.54, 1.807) is 23.5 Å². The minimum Gasteiger partial charge on any atom is -0.368 e. The summed E-state index contributed by atoms with van der Waals surface area (Å²) in [6.07, 6.45) is 0. The Kier molecular flexibility index (Phi) is 4.17. The van der Waals surface area contributed by atoms with Crippen LogP contribution in [0.5, 0.6) is 0 Å². The van der Waals surface area contributed by atoms with Gasteiger partial charge < -0.3 is 9.80 Å². The molecule has 0 atom stereocenters. The summed E-state index contributed by atoms with van der Waals surface area (Å²) in [5.41, 5.74) is 2.08. The molecule has 0 aliphatic carbocycles. The van der Waals surface area contributed by atoms with Gasteiger partial charge in [0.1, 0.15) is 5.82 Å². The Balaban J connectivity index is 1.49. The van der Waals surface area contributed by atoms with E-state index in [0.717, 1.165) is 33.9 Å². The molecule has 4 rings (SSSR count). The number of piperazine rings is 1. The second-order valence-electron chi connectivity index (χ2n) is 6.31. The van der Waals surface area contributed by atoms with Gasteiger partial charge in [0.25, 0.3) is 5.91 Å². The van der Waals surface area contributed by atoms with E-state index < -0.39 is 0 Å². The molecule has 25 heavy (non-hydrogen) atoms. The number of benzene rings is 2. The zero-order valence-corrected chi connectivity index (χ0v) is 14.9. The Morgan fingerprint density at radius 2 is 1.68 bits per heavy atom. The highest BCUT2D eigenvalue weighted by molar-refractivity contribution is 7.21. The first-order valence-corrected chi connectivity index (χ1v) is 9.23.